The molecule has 0 unspecified atom stereocenters. The molecule has 1 aliphatic carbocycles. The van der Waals surface area contributed by atoms with E-state index in [1.165, 1.54) is 0 Å². The fourth-order valence-corrected chi connectivity index (χ4v) is 2.96. The maximum absolute atomic E-state index is 12.7. The lowest BCUT2D eigenvalue weighted by atomic mass is 10.0. The first kappa shape index (κ1) is 19.2. The van der Waals surface area contributed by atoms with Crippen molar-refractivity contribution in [3.05, 3.63) is 53.6 Å². The van der Waals surface area contributed by atoms with E-state index in [1.807, 2.05) is 12.1 Å². The number of methoxy groups -OCH3 is 2. The van der Waals surface area contributed by atoms with Gasteiger partial charge >= 0.3 is 0 Å². The van der Waals surface area contributed by atoms with Crippen molar-refractivity contribution in [1.82, 2.24) is 5.32 Å². The minimum atomic E-state index is -1.08. The summed E-state index contributed by atoms with van der Waals surface area (Å²) >= 11 is 0. The molecule has 1 saturated carbocycles. The number of amides is 2. The third-order valence-corrected chi connectivity index (χ3v) is 4.82. The zero-order valence-corrected chi connectivity index (χ0v) is 15.7. The van der Waals surface area contributed by atoms with Crippen LogP contribution in [-0.2, 0) is 16.1 Å². The van der Waals surface area contributed by atoms with Gasteiger partial charge in [-0.15, -0.1) is 0 Å². The Kier molecular flexibility index (Phi) is 5.50. The van der Waals surface area contributed by atoms with Gasteiger partial charge in [-0.1, -0.05) is 18.2 Å². The van der Waals surface area contributed by atoms with Gasteiger partial charge in [0.25, 0.3) is 0 Å². The first-order valence-electron chi connectivity index (χ1n) is 8.84. The molecule has 0 aliphatic heterocycles. The summed E-state index contributed by atoms with van der Waals surface area (Å²) in [7, 11) is 3.10. The Labute approximate surface area is 163 Å². The zero-order chi connectivity index (χ0) is 20.1. The number of carbonyl (C=O) groups is 2. The molecular weight excluding hydrogens is 358 g/mol. The molecule has 0 heterocycles. The van der Waals surface area contributed by atoms with Gasteiger partial charge < -0.3 is 20.1 Å². The summed E-state index contributed by atoms with van der Waals surface area (Å²) in [5.74, 6) is 0.460. The molecule has 0 radical (unpaired) electrons. The van der Waals surface area contributed by atoms with Crippen LogP contribution in [0.4, 0.5) is 5.69 Å². The van der Waals surface area contributed by atoms with Gasteiger partial charge in [-0.25, -0.2) is 0 Å². The van der Waals surface area contributed by atoms with Gasteiger partial charge in [-0.3, -0.25) is 9.59 Å². The molecule has 0 aromatic heterocycles. The molecule has 0 spiro atoms. The zero-order valence-electron chi connectivity index (χ0n) is 15.7. The molecule has 2 amide bonds. The predicted octanol–water partition coefficient (Wildman–Crippen LogP) is 2.61. The molecule has 3 rings (SSSR count). The van der Waals surface area contributed by atoms with E-state index in [0.29, 0.717) is 35.6 Å². The topological polar surface area (TPSA) is 100 Å². The largest absolute Gasteiger partial charge is 0.493 e. The van der Waals surface area contributed by atoms with Crippen molar-refractivity contribution in [1.29, 1.82) is 5.26 Å². The first-order valence-corrected chi connectivity index (χ1v) is 8.84. The summed E-state index contributed by atoms with van der Waals surface area (Å²) in [5.41, 5.74) is 0.516. The van der Waals surface area contributed by atoms with Gasteiger partial charge in [0.15, 0.2) is 11.5 Å². The minimum absolute atomic E-state index is 0.267. The Morgan fingerprint density at radius 2 is 1.79 bits per heavy atom. The number of benzene rings is 2. The van der Waals surface area contributed by atoms with E-state index in [-0.39, 0.29) is 18.4 Å². The summed E-state index contributed by atoms with van der Waals surface area (Å²) in [6.45, 7) is 0.267. The normalized spacial score (nSPS) is 13.8. The van der Waals surface area contributed by atoms with Crippen molar-refractivity contribution in [2.45, 2.75) is 19.4 Å². The third-order valence-electron chi connectivity index (χ3n) is 4.82. The van der Waals surface area contributed by atoms with Crippen LogP contribution in [0.1, 0.15) is 24.0 Å². The number of hydrogen-bond acceptors (Lipinski definition) is 5. The highest BCUT2D eigenvalue weighted by atomic mass is 16.5. The molecule has 2 aromatic rings. The second-order valence-corrected chi connectivity index (χ2v) is 6.57. The number of nitrogens with one attached hydrogen (secondary N) is 2. The molecule has 7 nitrogen and oxygen atoms in total. The Morgan fingerprint density at radius 3 is 2.43 bits per heavy atom. The standard InChI is InChI=1S/C21H21N3O4/c1-27-17-8-7-14(11-18(17)28-2)13-23-19(25)21(9-10-21)20(26)24-16-6-4-3-5-15(16)12-22/h3-8,11H,9-10,13H2,1-2H3,(H,23,25)(H,24,26). The SMILES string of the molecule is COc1ccc(CNC(=O)C2(C(=O)Nc3ccccc3C#N)CC2)cc1OC. The molecule has 7 heteroatoms. The number of nitrogens with zero attached hydrogens (tertiary/aromatic N) is 1. The molecule has 144 valence electrons. The van der Waals surface area contributed by atoms with Gasteiger partial charge in [0.2, 0.25) is 11.8 Å². The van der Waals surface area contributed by atoms with E-state index in [1.54, 1.807) is 50.6 Å². The van der Waals surface area contributed by atoms with Gasteiger partial charge in [0, 0.05) is 6.54 Å². The highest BCUT2D eigenvalue weighted by Gasteiger charge is 2.56. The predicted molar refractivity (Wildman–Crippen MR) is 103 cm³/mol. The summed E-state index contributed by atoms with van der Waals surface area (Å²) in [5, 5.41) is 14.7. The van der Waals surface area contributed by atoms with Crippen molar-refractivity contribution in [2.24, 2.45) is 5.41 Å². The number of para-hydroxylation sites is 1. The molecule has 1 fully saturated rings. The third kappa shape index (κ3) is 3.76. The number of nitriles is 1. The fourth-order valence-electron chi connectivity index (χ4n) is 2.96. The van der Waals surface area contributed by atoms with Crippen molar-refractivity contribution in [3.63, 3.8) is 0 Å². The van der Waals surface area contributed by atoms with E-state index in [4.69, 9.17) is 14.7 Å². The molecular formula is C21H21N3O4. The molecule has 2 aromatic carbocycles. The smallest absolute Gasteiger partial charge is 0.240 e. The van der Waals surface area contributed by atoms with Gasteiger partial charge in [-0.2, -0.15) is 5.26 Å². The van der Waals surface area contributed by atoms with Crippen molar-refractivity contribution in [3.8, 4) is 17.6 Å². The monoisotopic (exact) mass is 379 g/mol. The van der Waals surface area contributed by atoms with Crippen LogP contribution in [-0.4, -0.2) is 26.0 Å². The molecule has 0 atom stereocenters. The Hall–Kier alpha value is -3.53. The Morgan fingerprint density at radius 1 is 1.07 bits per heavy atom. The first-order chi connectivity index (χ1) is 13.5. The van der Waals surface area contributed by atoms with Gasteiger partial charge in [-0.05, 0) is 42.7 Å². The summed E-state index contributed by atoms with van der Waals surface area (Å²) in [4.78, 5) is 25.4. The molecule has 1 aliphatic rings. The maximum atomic E-state index is 12.7. The van der Waals surface area contributed by atoms with E-state index >= 15 is 0 Å². The summed E-state index contributed by atoms with van der Waals surface area (Å²) in [6.07, 6.45) is 0.955. The summed E-state index contributed by atoms with van der Waals surface area (Å²) < 4.78 is 10.5. The van der Waals surface area contributed by atoms with Crippen LogP contribution in [0.25, 0.3) is 0 Å². The van der Waals surface area contributed by atoms with Crippen LogP contribution < -0.4 is 20.1 Å². The number of hydrogen-bond donors (Lipinski definition) is 2. The fraction of sp³-hybridized carbons (Fsp3) is 0.286. The van der Waals surface area contributed by atoms with Gasteiger partial charge in [0.1, 0.15) is 11.5 Å². The number of rotatable bonds is 7. The lowest BCUT2D eigenvalue weighted by Crippen LogP contribution is -2.39. The highest BCUT2D eigenvalue weighted by molar-refractivity contribution is 6.13. The van der Waals surface area contributed by atoms with E-state index < -0.39 is 5.41 Å². The van der Waals surface area contributed by atoms with Crippen molar-refractivity contribution >= 4 is 17.5 Å². The number of anilines is 1. The second kappa shape index (κ2) is 8.01. The van der Waals surface area contributed by atoms with Crippen LogP contribution >= 0.6 is 0 Å². The maximum Gasteiger partial charge on any atom is 0.240 e. The molecule has 0 saturated heterocycles. The lowest BCUT2D eigenvalue weighted by Gasteiger charge is -2.16. The second-order valence-electron chi connectivity index (χ2n) is 6.57. The minimum Gasteiger partial charge on any atom is -0.493 e. The van der Waals surface area contributed by atoms with Crippen LogP contribution in [0, 0.1) is 16.7 Å². The van der Waals surface area contributed by atoms with Crippen LogP contribution in [0.3, 0.4) is 0 Å². The average molecular weight is 379 g/mol. The molecule has 2 N–H and O–H groups in total. The Bertz CT molecular complexity index is 945. The lowest BCUT2D eigenvalue weighted by molar-refractivity contribution is -0.134. The Balaban J connectivity index is 1.65. The summed E-state index contributed by atoms with van der Waals surface area (Å²) in [6, 6.07) is 14.1. The van der Waals surface area contributed by atoms with E-state index in [2.05, 4.69) is 10.6 Å². The van der Waals surface area contributed by atoms with E-state index in [0.717, 1.165) is 5.56 Å². The average Bonchev–Trinajstić information content (AvgIpc) is 3.54. The molecule has 0 bridgehead atoms. The van der Waals surface area contributed by atoms with Crippen LogP contribution in [0.5, 0.6) is 11.5 Å². The highest BCUT2D eigenvalue weighted by Crippen LogP contribution is 2.47. The molecule has 28 heavy (non-hydrogen) atoms. The van der Waals surface area contributed by atoms with Crippen LogP contribution in [0.2, 0.25) is 0 Å². The van der Waals surface area contributed by atoms with Gasteiger partial charge in [0.05, 0.1) is 25.5 Å². The number of carbonyl (C=O) groups excluding carboxylic acids is 2. The van der Waals surface area contributed by atoms with Crippen molar-refractivity contribution in [2.75, 3.05) is 19.5 Å². The van der Waals surface area contributed by atoms with E-state index in [9.17, 15) is 9.59 Å². The van der Waals surface area contributed by atoms with Crippen molar-refractivity contribution < 1.29 is 19.1 Å². The van der Waals surface area contributed by atoms with Crippen LogP contribution in [0.15, 0.2) is 42.5 Å². The number of ether oxygens (including phenoxy) is 2. The quantitative estimate of drug-likeness (QED) is 0.720.